The molecule has 0 aliphatic heterocycles. The molecule has 1 saturated carbocycles. The van der Waals surface area contributed by atoms with E-state index < -0.39 is 0 Å². The number of methoxy groups -OCH3 is 1. The Bertz CT molecular complexity index is 441. The Kier molecular flexibility index (Phi) is 5.09. The Balaban J connectivity index is 2.33. The summed E-state index contributed by atoms with van der Waals surface area (Å²) in [6.07, 6.45) is 3.82. The third kappa shape index (κ3) is 3.17. The van der Waals surface area contributed by atoms with Gasteiger partial charge in [0.2, 0.25) is 0 Å². The van der Waals surface area contributed by atoms with Crippen LogP contribution in [0.1, 0.15) is 50.2 Å². The van der Waals surface area contributed by atoms with Crippen LogP contribution in [-0.4, -0.2) is 13.7 Å². The average Bonchev–Trinajstić information content (AvgIpc) is 2.46. The summed E-state index contributed by atoms with van der Waals surface area (Å²) in [6.45, 7) is 7.63. The Morgan fingerprint density at radius 3 is 2.65 bits per heavy atom. The zero-order valence-corrected chi connectivity index (χ0v) is 13.4. The minimum absolute atomic E-state index is 0.552. The first-order valence-corrected chi connectivity index (χ1v) is 7.91. The molecule has 1 aromatic carbocycles. The van der Waals surface area contributed by atoms with Crippen molar-refractivity contribution in [2.45, 2.75) is 46.0 Å². The van der Waals surface area contributed by atoms with Crippen LogP contribution in [-0.2, 0) is 0 Å². The zero-order valence-electron chi connectivity index (χ0n) is 13.4. The number of rotatable bonds is 4. The zero-order chi connectivity index (χ0) is 14.7. The van der Waals surface area contributed by atoms with E-state index >= 15 is 0 Å². The quantitative estimate of drug-likeness (QED) is 0.897. The van der Waals surface area contributed by atoms with Crippen molar-refractivity contribution in [1.82, 2.24) is 0 Å². The van der Waals surface area contributed by atoms with E-state index in [4.69, 9.17) is 10.5 Å². The van der Waals surface area contributed by atoms with Crippen LogP contribution in [0, 0.1) is 24.7 Å². The highest BCUT2D eigenvalue weighted by Gasteiger charge is 2.33. The fourth-order valence-electron chi connectivity index (χ4n) is 3.68. The van der Waals surface area contributed by atoms with Crippen LogP contribution >= 0.6 is 0 Å². The number of hydrogen-bond donors (Lipinski definition) is 1. The molecule has 3 unspecified atom stereocenters. The maximum Gasteiger partial charge on any atom is 0.122 e. The molecule has 0 heterocycles. The molecule has 1 aliphatic rings. The van der Waals surface area contributed by atoms with E-state index in [0.29, 0.717) is 11.8 Å². The molecule has 0 bridgehead atoms. The molecule has 0 spiro atoms. The van der Waals surface area contributed by atoms with Crippen molar-refractivity contribution in [2.75, 3.05) is 13.7 Å². The van der Waals surface area contributed by atoms with Crippen LogP contribution in [0.25, 0.3) is 0 Å². The largest absolute Gasteiger partial charge is 0.496 e. The SMILES string of the molecule is COc1ccc(C)cc1C1CC(C(C)C)CCC1CN. The first-order chi connectivity index (χ1) is 9.56. The lowest BCUT2D eigenvalue weighted by Gasteiger charge is -2.38. The highest BCUT2D eigenvalue weighted by Crippen LogP contribution is 2.45. The highest BCUT2D eigenvalue weighted by molar-refractivity contribution is 5.40. The molecule has 20 heavy (non-hydrogen) atoms. The van der Waals surface area contributed by atoms with Gasteiger partial charge in [0.05, 0.1) is 7.11 Å². The van der Waals surface area contributed by atoms with Gasteiger partial charge in [-0.15, -0.1) is 0 Å². The van der Waals surface area contributed by atoms with Crippen LogP contribution in [0.15, 0.2) is 18.2 Å². The van der Waals surface area contributed by atoms with E-state index in [2.05, 4.69) is 39.0 Å². The van der Waals surface area contributed by atoms with Crippen LogP contribution in [0.5, 0.6) is 5.75 Å². The minimum atomic E-state index is 0.552. The molecule has 0 aromatic heterocycles. The Morgan fingerprint density at radius 2 is 2.05 bits per heavy atom. The smallest absolute Gasteiger partial charge is 0.122 e. The number of nitrogens with two attached hydrogens (primary N) is 1. The first kappa shape index (κ1) is 15.4. The molecular weight excluding hydrogens is 246 g/mol. The van der Waals surface area contributed by atoms with E-state index in [9.17, 15) is 0 Å². The van der Waals surface area contributed by atoms with Crippen molar-refractivity contribution in [1.29, 1.82) is 0 Å². The third-order valence-corrected chi connectivity index (χ3v) is 5.06. The van der Waals surface area contributed by atoms with Gasteiger partial charge in [0.15, 0.2) is 0 Å². The van der Waals surface area contributed by atoms with Crippen molar-refractivity contribution in [2.24, 2.45) is 23.5 Å². The van der Waals surface area contributed by atoms with Gasteiger partial charge in [0.1, 0.15) is 5.75 Å². The molecule has 2 nitrogen and oxygen atoms in total. The molecule has 0 radical (unpaired) electrons. The molecule has 1 fully saturated rings. The predicted octanol–water partition coefficient (Wildman–Crippen LogP) is 4.12. The standard InChI is InChI=1S/C18H29NO/c1-12(2)14-6-7-15(11-19)16(10-14)17-9-13(3)5-8-18(17)20-4/h5,8-9,12,14-16H,6-7,10-11,19H2,1-4H3. The number of benzene rings is 1. The predicted molar refractivity (Wildman–Crippen MR) is 85.2 cm³/mol. The second-order valence-electron chi connectivity index (χ2n) is 6.66. The Labute approximate surface area is 123 Å². The lowest BCUT2D eigenvalue weighted by molar-refractivity contribution is 0.195. The van der Waals surface area contributed by atoms with Crippen LogP contribution < -0.4 is 10.5 Å². The Hall–Kier alpha value is -1.02. The molecule has 2 N–H and O–H groups in total. The fourth-order valence-corrected chi connectivity index (χ4v) is 3.68. The van der Waals surface area contributed by atoms with Crippen molar-refractivity contribution < 1.29 is 4.74 Å². The molecular formula is C18H29NO. The second-order valence-corrected chi connectivity index (χ2v) is 6.66. The summed E-state index contributed by atoms with van der Waals surface area (Å²) >= 11 is 0. The van der Waals surface area contributed by atoms with Crippen LogP contribution in [0.3, 0.4) is 0 Å². The van der Waals surface area contributed by atoms with Gasteiger partial charge in [-0.25, -0.2) is 0 Å². The fraction of sp³-hybridized carbons (Fsp3) is 0.667. The maximum absolute atomic E-state index is 6.04. The molecule has 112 valence electrons. The topological polar surface area (TPSA) is 35.2 Å². The van der Waals surface area contributed by atoms with E-state index in [-0.39, 0.29) is 0 Å². The summed E-state index contributed by atoms with van der Waals surface area (Å²) in [5, 5.41) is 0. The third-order valence-electron chi connectivity index (χ3n) is 5.06. The number of aryl methyl sites for hydroxylation is 1. The van der Waals surface area contributed by atoms with Gasteiger partial charge < -0.3 is 10.5 Å². The van der Waals surface area contributed by atoms with Gasteiger partial charge in [-0.2, -0.15) is 0 Å². The molecule has 0 amide bonds. The van der Waals surface area contributed by atoms with Crippen molar-refractivity contribution in [3.05, 3.63) is 29.3 Å². The Morgan fingerprint density at radius 1 is 1.30 bits per heavy atom. The molecule has 1 aliphatic carbocycles. The normalized spacial score (nSPS) is 26.8. The second kappa shape index (κ2) is 6.62. The summed E-state index contributed by atoms with van der Waals surface area (Å²) < 4.78 is 5.60. The first-order valence-electron chi connectivity index (χ1n) is 7.91. The van der Waals surface area contributed by atoms with Crippen LogP contribution in [0.2, 0.25) is 0 Å². The van der Waals surface area contributed by atoms with Crippen molar-refractivity contribution in [3.8, 4) is 5.75 Å². The number of hydrogen-bond acceptors (Lipinski definition) is 2. The van der Waals surface area contributed by atoms with E-state index in [1.54, 1.807) is 7.11 Å². The minimum Gasteiger partial charge on any atom is -0.496 e. The molecule has 1 aromatic rings. The van der Waals surface area contributed by atoms with Crippen molar-refractivity contribution >= 4 is 0 Å². The van der Waals surface area contributed by atoms with Gasteiger partial charge in [-0.05, 0) is 68.0 Å². The average molecular weight is 275 g/mol. The molecule has 0 saturated heterocycles. The van der Waals surface area contributed by atoms with E-state index in [1.807, 2.05) is 0 Å². The van der Waals surface area contributed by atoms with E-state index in [0.717, 1.165) is 24.1 Å². The monoisotopic (exact) mass is 275 g/mol. The van der Waals surface area contributed by atoms with Crippen LogP contribution in [0.4, 0.5) is 0 Å². The van der Waals surface area contributed by atoms with Gasteiger partial charge in [0, 0.05) is 0 Å². The summed E-state index contributed by atoms with van der Waals surface area (Å²) in [5.41, 5.74) is 8.72. The summed E-state index contributed by atoms with van der Waals surface area (Å²) in [7, 11) is 1.77. The van der Waals surface area contributed by atoms with Gasteiger partial charge >= 0.3 is 0 Å². The summed E-state index contributed by atoms with van der Waals surface area (Å²) in [5.74, 6) is 3.75. The lowest BCUT2D eigenvalue weighted by Crippen LogP contribution is -2.31. The van der Waals surface area contributed by atoms with Crippen molar-refractivity contribution in [3.63, 3.8) is 0 Å². The summed E-state index contributed by atoms with van der Waals surface area (Å²) in [4.78, 5) is 0. The molecule has 2 rings (SSSR count). The number of ether oxygens (including phenoxy) is 1. The lowest BCUT2D eigenvalue weighted by atomic mass is 9.68. The highest BCUT2D eigenvalue weighted by atomic mass is 16.5. The molecule has 2 heteroatoms. The van der Waals surface area contributed by atoms with Gasteiger partial charge in [-0.1, -0.05) is 31.5 Å². The molecule has 3 atom stereocenters. The summed E-state index contributed by atoms with van der Waals surface area (Å²) in [6, 6.07) is 6.54. The maximum atomic E-state index is 6.04. The van der Waals surface area contributed by atoms with Gasteiger partial charge in [0.25, 0.3) is 0 Å². The van der Waals surface area contributed by atoms with E-state index in [1.165, 1.54) is 30.4 Å². The van der Waals surface area contributed by atoms with Gasteiger partial charge in [-0.3, -0.25) is 0 Å².